The number of aromatic nitrogens is 1. The maximum absolute atomic E-state index is 13.5. The summed E-state index contributed by atoms with van der Waals surface area (Å²) in [5, 5.41) is 1.02. The molecule has 27 heavy (non-hydrogen) atoms. The Bertz CT molecular complexity index is 1270. The summed E-state index contributed by atoms with van der Waals surface area (Å²) in [4.78, 5) is 0.310. The van der Waals surface area contributed by atoms with E-state index in [1.165, 1.54) is 4.31 Å². The summed E-state index contributed by atoms with van der Waals surface area (Å²) in [5.41, 5.74) is 4.06. The summed E-state index contributed by atoms with van der Waals surface area (Å²) in [5.74, 6) is 0.676. The van der Waals surface area contributed by atoms with Crippen molar-refractivity contribution in [2.24, 2.45) is 0 Å². The predicted octanol–water partition coefficient (Wildman–Crippen LogP) is 4.65. The lowest BCUT2D eigenvalue weighted by Crippen LogP contribution is -2.35. The van der Waals surface area contributed by atoms with Gasteiger partial charge in [0.1, 0.15) is 5.82 Å². The molecule has 1 aliphatic rings. The molecular weight excluding hydrogens is 356 g/mol. The second-order valence-corrected chi connectivity index (χ2v) is 8.71. The molecule has 0 amide bonds. The Morgan fingerprint density at radius 2 is 1.56 bits per heavy atom. The van der Waals surface area contributed by atoms with Crippen LogP contribution in [0, 0.1) is 6.92 Å². The van der Waals surface area contributed by atoms with E-state index >= 15 is 0 Å². The van der Waals surface area contributed by atoms with Gasteiger partial charge in [0.15, 0.2) is 0 Å². The van der Waals surface area contributed by atoms with Crippen LogP contribution in [-0.4, -0.2) is 13.0 Å². The van der Waals surface area contributed by atoms with Gasteiger partial charge in [0.25, 0.3) is 10.0 Å². The predicted molar refractivity (Wildman–Crippen MR) is 108 cm³/mol. The number of fused-ring (bicyclic) bond motifs is 5. The van der Waals surface area contributed by atoms with Crippen LogP contribution in [0.3, 0.4) is 0 Å². The van der Waals surface area contributed by atoms with E-state index in [2.05, 4.69) is 0 Å². The summed E-state index contributed by atoms with van der Waals surface area (Å²) < 4.78 is 30.5. The minimum absolute atomic E-state index is 0.310. The van der Waals surface area contributed by atoms with Crippen LogP contribution < -0.4 is 4.31 Å². The zero-order valence-electron chi connectivity index (χ0n) is 14.8. The SMILES string of the molecule is Cc1ccc(S(=O)(=O)N2Cc3ccccc3-n3c2cc2ccccc23)cc1. The Hall–Kier alpha value is -3.05. The highest BCUT2D eigenvalue weighted by atomic mass is 32.2. The van der Waals surface area contributed by atoms with Gasteiger partial charge in [-0.25, -0.2) is 12.7 Å². The molecular formula is C22H18N2O2S. The largest absolute Gasteiger partial charge is 0.295 e. The summed E-state index contributed by atoms with van der Waals surface area (Å²) in [6.07, 6.45) is 0. The zero-order chi connectivity index (χ0) is 18.6. The van der Waals surface area contributed by atoms with Gasteiger partial charge < -0.3 is 0 Å². The fourth-order valence-corrected chi connectivity index (χ4v) is 5.15. The molecule has 5 rings (SSSR count). The summed E-state index contributed by atoms with van der Waals surface area (Å²) in [6.45, 7) is 2.27. The van der Waals surface area contributed by atoms with Gasteiger partial charge in [-0.2, -0.15) is 0 Å². The number of benzene rings is 3. The third-order valence-corrected chi connectivity index (χ3v) is 6.87. The summed E-state index contributed by atoms with van der Waals surface area (Å²) >= 11 is 0. The van der Waals surface area contributed by atoms with E-state index in [0.717, 1.165) is 27.7 Å². The molecule has 134 valence electrons. The van der Waals surface area contributed by atoms with Gasteiger partial charge in [-0.1, -0.05) is 54.1 Å². The summed E-state index contributed by atoms with van der Waals surface area (Å²) in [7, 11) is -3.67. The molecule has 3 aromatic carbocycles. The molecule has 0 unspecified atom stereocenters. The Kier molecular flexibility index (Phi) is 3.42. The molecule has 4 aromatic rings. The van der Waals surface area contributed by atoms with E-state index in [0.29, 0.717) is 17.3 Å². The van der Waals surface area contributed by atoms with E-state index in [9.17, 15) is 8.42 Å². The first-order chi connectivity index (χ1) is 13.1. The Labute approximate surface area is 158 Å². The monoisotopic (exact) mass is 374 g/mol. The highest BCUT2D eigenvalue weighted by molar-refractivity contribution is 7.92. The highest BCUT2D eigenvalue weighted by Gasteiger charge is 2.33. The molecule has 1 aromatic heterocycles. The van der Waals surface area contributed by atoms with Crippen molar-refractivity contribution >= 4 is 26.7 Å². The first-order valence-corrected chi connectivity index (χ1v) is 10.3. The van der Waals surface area contributed by atoms with Crippen LogP contribution in [0.15, 0.2) is 83.8 Å². The topological polar surface area (TPSA) is 42.3 Å². The minimum atomic E-state index is -3.67. The minimum Gasteiger partial charge on any atom is -0.295 e. The van der Waals surface area contributed by atoms with E-state index in [1.807, 2.05) is 78.2 Å². The van der Waals surface area contributed by atoms with Crippen molar-refractivity contribution in [3.05, 3.63) is 90.0 Å². The van der Waals surface area contributed by atoms with Crippen molar-refractivity contribution in [1.82, 2.24) is 4.57 Å². The number of sulfonamides is 1. The third kappa shape index (κ3) is 2.39. The molecule has 0 N–H and O–H groups in total. The van der Waals surface area contributed by atoms with Crippen LogP contribution in [0.4, 0.5) is 5.82 Å². The van der Waals surface area contributed by atoms with Gasteiger partial charge in [0, 0.05) is 5.39 Å². The standard InChI is InChI=1S/C22H18N2O2S/c1-16-10-12-19(13-11-16)27(25,26)23-15-18-7-3-5-9-21(18)24-20-8-4-2-6-17(20)14-22(23)24/h2-14H,15H2,1H3. The number of hydrogen-bond acceptors (Lipinski definition) is 2. The zero-order valence-corrected chi connectivity index (χ0v) is 15.6. The molecule has 4 nitrogen and oxygen atoms in total. The van der Waals surface area contributed by atoms with Gasteiger partial charge in [0.2, 0.25) is 0 Å². The van der Waals surface area contributed by atoms with Crippen LogP contribution in [0.25, 0.3) is 16.6 Å². The average Bonchev–Trinajstić information content (AvgIpc) is 3.07. The molecule has 0 radical (unpaired) electrons. The lowest BCUT2D eigenvalue weighted by atomic mass is 10.1. The third-order valence-electron chi connectivity index (χ3n) is 5.10. The first kappa shape index (κ1) is 16.1. The maximum Gasteiger partial charge on any atom is 0.265 e. The van der Waals surface area contributed by atoms with Crippen molar-refractivity contribution < 1.29 is 8.42 Å². The molecule has 0 spiro atoms. The van der Waals surface area contributed by atoms with Crippen molar-refractivity contribution in [3.8, 4) is 5.69 Å². The van der Waals surface area contributed by atoms with Crippen LogP contribution in [0.2, 0.25) is 0 Å². The number of rotatable bonds is 2. The van der Waals surface area contributed by atoms with E-state index < -0.39 is 10.0 Å². The second kappa shape index (κ2) is 5.72. The van der Waals surface area contributed by atoms with Crippen molar-refractivity contribution in [1.29, 1.82) is 0 Å². The molecule has 0 fully saturated rings. The molecule has 0 bridgehead atoms. The molecule has 5 heteroatoms. The molecule has 2 heterocycles. The van der Waals surface area contributed by atoms with Gasteiger partial charge in [0.05, 0.1) is 22.6 Å². The smallest absolute Gasteiger partial charge is 0.265 e. The lowest BCUT2D eigenvalue weighted by Gasteiger charge is -2.31. The van der Waals surface area contributed by atoms with Gasteiger partial charge in [-0.3, -0.25) is 4.57 Å². The molecule has 0 saturated heterocycles. The maximum atomic E-state index is 13.5. The normalized spacial score (nSPS) is 13.4. The number of aryl methyl sites for hydroxylation is 1. The van der Waals surface area contributed by atoms with E-state index in [1.54, 1.807) is 12.1 Å². The van der Waals surface area contributed by atoms with Crippen LogP contribution in [0.5, 0.6) is 0 Å². The fraction of sp³-hybridized carbons (Fsp3) is 0.0909. The second-order valence-electron chi connectivity index (χ2n) is 6.85. The lowest BCUT2D eigenvalue weighted by molar-refractivity contribution is 0.588. The van der Waals surface area contributed by atoms with Crippen molar-refractivity contribution in [3.63, 3.8) is 0 Å². The highest BCUT2D eigenvalue weighted by Crippen LogP contribution is 2.39. The van der Waals surface area contributed by atoms with Gasteiger partial charge in [-0.15, -0.1) is 0 Å². The average molecular weight is 374 g/mol. The quantitative estimate of drug-likeness (QED) is 0.513. The molecule has 1 aliphatic heterocycles. The Morgan fingerprint density at radius 1 is 0.852 bits per heavy atom. The number of hydrogen-bond donors (Lipinski definition) is 0. The van der Waals surface area contributed by atoms with Crippen LogP contribution >= 0.6 is 0 Å². The Morgan fingerprint density at radius 3 is 2.37 bits per heavy atom. The molecule has 0 saturated carbocycles. The first-order valence-electron chi connectivity index (χ1n) is 8.84. The molecule has 0 aliphatic carbocycles. The Balaban J connectivity index is 1.78. The fourth-order valence-electron chi connectivity index (χ4n) is 3.72. The van der Waals surface area contributed by atoms with Gasteiger partial charge in [-0.05, 0) is 42.8 Å². The van der Waals surface area contributed by atoms with Crippen LogP contribution in [-0.2, 0) is 16.6 Å². The van der Waals surface area contributed by atoms with E-state index in [4.69, 9.17) is 0 Å². The van der Waals surface area contributed by atoms with Crippen molar-refractivity contribution in [2.45, 2.75) is 18.4 Å². The molecule has 0 atom stereocenters. The summed E-state index contributed by atoms with van der Waals surface area (Å²) in [6, 6.07) is 24.9. The number of anilines is 1. The van der Waals surface area contributed by atoms with Gasteiger partial charge >= 0.3 is 0 Å². The number of para-hydroxylation sites is 2. The van der Waals surface area contributed by atoms with Crippen LogP contribution in [0.1, 0.15) is 11.1 Å². The number of nitrogens with zero attached hydrogens (tertiary/aromatic N) is 2. The van der Waals surface area contributed by atoms with E-state index in [-0.39, 0.29) is 0 Å². The van der Waals surface area contributed by atoms with Crippen molar-refractivity contribution in [2.75, 3.05) is 4.31 Å².